The summed E-state index contributed by atoms with van der Waals surface area (Å²) in [4.78, 5) is 4.33. The molecule has 0 bridgehead atoms. The fourth-order valence-electron chi connectivity index (χ4n) is 1.52. The van der Waals surface area contributed by atoms with Gasteiger partial charge >= 0.3 is 0 Å². The highest BCUT2D eigenvalue weighted by Crippen LogP contribution is 2.19. The fourth-order valence-corrected chi connectivity index (χ4v) is 1.52. The van der Waals surface area contributed by atoms with E-state index >= 15 is 0 Å². The minimum Gasteiger partial charge on any atom is -0.386 e. The van der Waals surface area contributed by atoms with Gasteiger partial charge in [0.2, 0.25) is 0 Å². The van der Waals surface area contributed by atoms with E-state index in [1.54, 1.807) is 0 Å². The summed E-state index contributed by atoms with van der Waals surface area (Å²) < 4.78 is 7.34. The van der Waals surface area contributed by atoms with Crippen molar-refractivity contribution in [2.75, 3.05) is 13.2 Å². The molecule has 0 fully saturated rings. The lowest BCUT2D eigenvalue weighted by atomic mass is 10.2. The largest absolute Gasteiger partial charge is 0.386 e. The minimum atomic E-state index is 0.0637. The van der Waals surface area contributed by atoms with Crippen molar-refractivity contribution in [3.8, 4) is 0 Å². The van der Waals surface area contributed by atoms with E-state index in [9.17, 15) is 0 Å². The van der Waals surface area contributed by atoms with E-state index in [1.165, 1.54) is 0 Å². The second-order valence-corrected chi connectivity index (χ2v) is 3.20. The van der Waals surface area contributed by atoms with Crippen LogP contribution in [0.15, 0.2) is 23.3 Å². The van der Waals surface area contributed by atoms with Crippen LogP contribution in [0.1, 0.15) is 11.7 Å². The molecule has 70 valence electrons. The van der Waals surface area contributed by atoms with Gasteiger partial charge in [-0.1, -0.05) is 0 Å². The Kier molecular flexibility index (Phi) is 2.06. The molecule has 2 heterocycles. The van der Waals surface area contributed by atoms with E-state index < -0.39 is 0 Å². The van der Waals surface area contributed by atoms with E-state index in [1.807, 2.05) is 29.9 Å². The fraction of sp³-hybridized carbons (Fsp3) is 0.444. The number of hydrogen-bond acceptors (Lipinski definition) is 3. The summed E-state index contributed by atoms with van der Waals surface area (Å²) in [7, 11) is 2.00. The molecule has 1 aliphatic heterocycles. The molecule has 0 saturated heterocycles. The number of ether oxygens (including phenoxy) is 1. The van der Waals surface area contributed by atoms with Crippen LogP contribution in [-0.4, -0.2) is 23.6 Å². The predicted octanol–water partition coefficient (Wildman–Crippen LogP) is 0.454. The Balaban J connectivity index is 2.26. The summed E-state index contributed by atoms with van der Waals surface area (Å²) in [5, 5.41) is 0. The van der Waals surface area contributed by atoms with Crippen LogP contribution in [0.4, 0.5) is 0 Å². The molecule has 1 aromatic heterocycles. The standard InChI is InChI=1S/C9H13N3O/c1-12-4-2-3-8(12)7-5-13-6-9(10)11-7/h2-4,7H,5-6H2,1H3,(H2,10,11). The van der Waals surface area contributed by atoms with Gasteiger partial charge < -0.3 is 15.0 Å². The van der Waals surface area contributed by atoms with Crippen LogP contribution in [-0.2, 0) is 11.8 Å². The monoisotopic (exact) mass is 179 g/mol. The number of aromatic nitrogens is 1. The van der Waals surface area contributed by atoms with Crippen molar-refractivity contribution >= 4 is 5.84 Å². The normalized spacial score (nSPS) is 22.8. The van der Waals surface area contributed by atoms with Crippen LogP contribution >= 0.6 is 0 Å². The summed E-state index contributed by atoms with van der Waals surface area (Å²) >= 11 is 0. The van der Waals surface area contributed by atoms with Crippen molar-refractivity contribution < 1.29 is 4.74 Å². The number of hydrogen-bond donors (Lipinski definition) is 1. The van der Waals surface area contributed by atoms with E-state index in [-0.39, 0.29) is 6.04 Å². The Labute approximate surface area is 77.0 Å². The molecule has 2 rings (SSSR count). The molecule has 0 aromatic carbocycles. The van der Waals surface area contributed by atoms with Gasteiger partial charge in [0.05, 0.1) is 6.61 Å². The van der Waals surface area contributed by atoms with Gasteiger partial charge in [-0.3, -0.25) is 4.99 Å². The zero-order valence-corrected chi connectivity index (χ0v) is 7.60. The smallest absolute Gasteiger partial charge is 0.121 e. The zero-order valence-electron chi connectivity index (χ0n) is 7.60. The molecule has 0 amide bonds. The van der Waals surface area contributed by atoms with Crippen LogP contribution in [0.5, 0.6) is 0 Å². The lowest BCUT2D eigenvalue weighted by Crippen LogP contribution is -2.27. The highest BCUT2D eigenvalue weighted by Gasteiger charge is 2.17. The molecular weight excluding hydrogens is 166 g/mol. The van der Waals surface area contributed by atoms with Crippen LogP contribution in [0.3, 0.4) is 0 Å². The van der Waals surface area contributed by atoms with Crippen molar-refractivity contribution in [2.24, 2.45) is 17.8 Å². The molecule has 2 N–H and O–H groups in total. The Morgan fingerprint density at radius 1 is 1.69 bits per heavy atom. The molecule has 0 saturated carbocycles. The lowest BCUT2D eigenvalue weighted by molar-refractivity contribution is 0.141. The number of rotatable bonds is 1. The summed E-state index contributed by atoms with van der Waals surface area (Å²) in [6.07, 6.45) is 2.00. The highest BCUT2D eigenvalue weighted by molar-refractivity contribution is 5.82. The predicted molar refractivity (Wildman–Crippen MR) is 50.6 cm³/mol. The van der Waals surface area contributed by atoms with Crippen molar-refractivity contribution in [3.63, 3.8) is 0 Å². The first-order valence-corrected chi connectivity index (χ1v) is 4.28. The maximum absolute atomic E-state index is 5.60. The molecule has 13 heavy (non-hydrogen) atoms. The van der Waals surface area contributed by atoms with Gasteiger partial charge in [0.15, 0.2) is 0 Å². The molecule has 4 nitrogen and oxygen atoms in total. The van der Waals surface area contributed by atoms with E-state index in [4.69, 9.17) is 10.5 Å². The molecule has 0 aliphatic carbocycles. The molecule has 4 heteroatoms. The number of aliphatic imine (C=N–C) groups is 1. The quantitative estimate of drug-likeness (QED) is 0.680. The van der Waals surface area contributed by atoms with Crippen molar-refractivity contribution in [3.05, 3.63) is 24.0 Å². The minimum absolute atomic E-state index is 0.0637. The van der Waals surface area contributed by atoms with E-state index in [0.717, 1.165) is 5.69 Å². The van der Waals surface area contributed by atoms with Gasteiger partial charge in [-0.05, 0) is 12.1 Å². The van der Waals surface area contributed by atoms with Gasteiger partial charge in [-0.2, -0.15) is 0 Å². The summed E-state index contributed by atoms with van der Waals surface area (Å²) in [6, 6.07) is 4.10. The second-order valence-electron chi connectivity index (χ2n) is 3.20. The van der Waals surface area contributed by atoms with Crippen LogP contribution < -0.4 is 5.73 Å². The number of amidine groups is 1. The van der Waals surface area contributed by atoms with Gasteiger partial charge in [-0.25, -0.2) is 0 Å². The third-order valence-electron chi connectivity index (χ3n) is 2.17. The Hall–Kier alpha value is -1.29. The average Bonchev–Trinajstić information content (AvgIpc) is 2.51. The number of nitrogens with two attached hydrogens (primary N) is 1. The Morgan fingerprint density at radius 3 is 3.15 bits per heavy atom. The third kappa shape index (κ3) is 1.58. The van der Waals surface area contributed by atoms with Crippen LogP contribution in [0.2, 0.25) is 0 Å². The highest BCUT2D eigenvalue weighted by atomic mass is 16.5. The number of nitrogens with zero attached hydrogens (tertiary/aromatic N) is 2. The molecule has 1 aliphatic rings. The summed E-state index contributed by atoms with van der Waals surface area (Å²) in [5.74, 6) is 0.581. The van der Waals surface area contributed by atoms with Gasteiger partial charge in [-0.15, -0.1) is 0 Å². The van der Waals surface area contributed by atoms with E-state index in [0.29, 0.717) is 19.0 Å². The van der Waals surface area contributed by atoms with Crippen molar-refractivity contribution in [2.45, 2.75) is 6.04 Å². The van der Waals surface area contributed by atoms with Crippen molar-refractivity contribution in [1.82, 2.24) is 4.57 Å². The Morgan fingerprint density at radius 2 is 2.54 bits per heavy atom. The second kappa shape index (κ2) is 3.22. The molecular formula is C9H13N3O. The average molecular weight is 179 g/mol. The SMILES string of the molecule is Cn1cccc1C1COCC(N)=N1. The first-order chi connectivity index (χ1) is 6.27. The van der Waals surface area contributed by atoms with Crippen LogP contribution in [0.25, 0.3) is 0 Å². The molecule has 1 aromatic rings. The lowest BCUT2D eigenvalue weighted by Gasteiger charge is -2.19. The molecule has 0 spiro atoms. The zero-order chi connectivity index (χ0) is 9.26. The number of aryl methyl sites for hydroxylation is 1. The van der Waals surface area contributed by atoms with Gasteiger partial charge in [0.25, 0.3) is 0 Å². The summed E-state index contributed by atoms with van der Waals surface area (Å²) in [5.41, 5.74) is 6.74. The first kappa shape index (κ1) is 8.31. The van der Waals surface area contributed by atoms with Crippen LogP contribution in [0, 0.1) is 0 Å². The third-order valence-corrected chi connectivity index (χ3v) is 2.17. The van der Waals surface area contributed by atoms with Gasteiger partial charge in [0, 0.05) is 18.9 Å². The molecule has 1 atom stereocenters. The topological polar surface area (TPSA) is 52.5 Å². The maximum Gasteiger partial charge on any atom is 0.121 e. The van der Waals surface area contributed by atoms with E-state index in [2.05, 4.69) is 4.99 Å². The Bertz CT molecular complexity index is 329. The molecule has 0 radical (unpaired) electrons. The first-order valence-electron chi connectivity index (χ1n) is 4.28. The maximum atomic E-state index is 5.60. The van der Waals surface area contributed by atoms with Gasteiger partial charge in [0.1, 0.15) is 18.5 Å². The molecule has 1 unspecified atom stereocenters. The van der Waals surface area contributed by atoms with Crippen molar-refractivity contribution in [1.29, 1.82) is 0 Å². The summed E-state index contributed by atoms with van der Waals surface area (Å²) in [6.45, 7) is 1.08.